The number of hydrogen-bond acceptors (Lipinski definition) is 5. The van der Waals surface area contributed by atoms with Crippen LogP contribution in [-0.2, 0) is 6.54 Å². The fourth-order valence-electron chi connectivity index (χ4n) is 4.53. The third-order valence-corrected chi connectivity index (χ3v) is 6.76. The Morgan fingerprint density at radius 2 is 1.69 bits per heavy atom. The summed E-state index contributed by atoms with van der Waals surface area (Å²) < 4.78 is 52.5. The summed E-state index contributed by atoms with van der Waals surface area (Å²) in [5.41, 5.74) is 1.87. The van der Waals surface area contributed by atoms with Crippen molar-refractivity contribution in [3.63, 3.8) is 0 Å². The van der Waals surface area contributed by atoms with E-state index >= 15 is 0 Å². The Labute approximate surface area is 213 Å². The summed E-state index contributed by atoms with van der Waals surface area (Å²) in [4.78, 5) is 18.9. The summed E-state index contributed by atoms with van der Waals surface area (Å²) in [6.07, 6.45) is -5.02. The van der Waals surface area contributed by atoms with Gasteiger partial charge in [0.25, 0.3) is 5.91 Å². The number of halogens is 5. The first kappa shape index (κ1) is 26.7. The summed E-state index contributed by atoms with van der Waals surface area (Å²) in [6.45, 7) is 6.03. The molecule has 1 amide bonds. The number of piperazine rings is 2. The van der Waals surface area contributed by atoms with E-state index in [0.717, 1.165) is 31.7 Å². The van der Waals surface area contributed by atoms with Crippen LogP contribution in [0.4, 0.5) is 28.9 Å². The fraction of sp³-hybridized carbons (Fsp3) is 0.480. The molecule has 0 spiro atoms. The van der Waals surface area contributed by atoms with Gasteiger partial charge in [-0.15, -0.1) is 0 Å². The van der Waals surface area contributed by atoms with Crippen LogP contribution in [0.25, 0.3) is 0 Å². The largest absolute Gasteiger partial charge is 0.390 e. The second-order valence-corrected chi connectivity index (χ2v) is 9.59. The Morgan fingerprint density at radius 3 is 2.36 bits per heavy atom. The van der Waals surface area contributed by atoms with Gasteiger partial charge in [0.05, 0.1) is 23.4 Å². The highest BCUT2D eigenvalue weighted by Gasteiger charge is 2.29. The van der Waals surface area contributed by atoms with E-state index in [4.69, 9.17) is 11.6 Å². The SMILES string of the molecule is O=C(Nc1ccc(Cl)cc1N1CCN(CCC(F)(F)F)CC1)c1ccc(CN2CCNCC2)cc1F. The number of rotatable bonds is 7. The Hall–Kier alpha value is -2.40. The first-order valence-corrected chi connectivity index (χ1v) is 12.4. The van der Waals surface area contributed by atoms with Crippen LogP contribution < -0.4 is 15.5 Å². The van der Waals surface area contributed by atoms with E-state index in [1.165, 1.54) is 12.1 Å². The Bertz CT molecular complexity index is 1050. The summed E-state index contributed by atoms with van der Waals surface area (Å²) in [6, 6.07) is 9.66. The van der Waals surface area contributed by atoms with Gasteiger partial charge in [-0.2, -0.15) is 13.2 Å². The molecule has 36 heavy (non-hydrogen) atoms. The maximum Gasteiger partial charge on any atom is 0.390 e. The molecule has 0 atom stereocenters. The lowest BCUT2D eigenvalue weighted by molar-refractivity contribution is -0.138. The van der Waals surface area contributed by atoms with E-state index in [2.05, 4.69) is 15.5 Å². The van der Waals surface area contributed by atoms with E-state index in [1.54, 1.807) is 29.2 Å². The highest BCUT2D eigenvalue weighted by Crippen LogP contribution is 2.31. The zero-order chi connectivity index (χ0) is 25.7. The molecule has 0 aromatic heterocycles. The molecule has 196 valence electrons. The second kappa shape index (κ2) is 11.8. The molecular formula is C25H30ClF4N5O. The Balaban J connectivity index is 1.40. The van der Waals surface area contributed by atoms with Gasteiger partial charge in [-0.3, -0.25) is 14.6 Å². The highest BCUT2D eigenvalue weighted by molar-refractivity contribution is 6.31. The molecule has 0 radical (unpaired) electrons. The minimum absolute atomic E-state index is 0.0413. The number of carbonyl (C=O) groups excluding carboxylic acids is 1. The van der Waals surface area contributed by atoms with Crippen molar-refractivity contribution in [2.75, 3.05) is 69.1 Å². The average molecular weight is 528 g/mol. The number of benzene rings is 2. The molecule has 2 N–H and O–H groups in total. The third-order valence-electron chi connectivity index (χ3n) is 6.53. The Kier molecular flexibility index (Phi) is 8.71. The van der Waals surface area contributed by atoms with Gasteiger partial charge < -0.3 is 15.5 Å². The predicted octanol–water partition coefficient (Wildman–Crippen LogP) is 4.21. The lowest BCUT2D eigenvalue weighted by atomic mass is 10.1. The molecule has 4 rings (SSSR count). The summed E-state index contributed by atoms with van der Waals surface area (Å²) in [5, 5.41) is 6.53. The molecule has 2 heterocycles. The fourth-order valence-corrected chi connectivity index (χ4v) is 4.69. The van der Waals surface area contributed by atoms with E-state index in [9.17, 15) is 22.4 Å². The number of amides is 1. The van der Waals surface area contributed by atoms with Gasteiger partial charge in [0, 0.05) is 70.5 Å². The zero-order valence-corrected chi connectivity index (χ0v) is 20.6. The van der Waals surface area contributed by atoms with Crippen LogP contribution in [0.2, 0.25) is 5.02 Å². The van der Waals surface area contributed by atoms with Gasteiger partial charge in [-0.05, 0) is 35.9 Å². The maximum atomic E-state index is 14.9. The van der Waals surface area contributed by atoms with Crippen molar-refractivity contribution in [2.45, 2.75) is 19.1 Å². The van der Waals surface area contributed by atoms with Crippen molar-refractivity contribution >= 4 is 28.9 Å². The minimum atomic E-state index is -4.18. The first-order valence-electron chi connectivity index (χ1n) is 12.0. The molecule has 2 aromatic carbocycles. The standard InChI is InChI=1S/C25H30ClF4N5O/c26-19-2-4-22(23(16-19)35-13-11-33(12-14-35)8-5-25(28,29)30)32-24(36)20-3-1-18(15-21(20)27)17-34-9-6-31-7-10-34/h1-4,15-16,31H,5-14,17H2,(H,32,36). The van der Waals surface area contributed by atoms with Crippen LogP contribution in [0.15, 0.2) is 36.4 Å². The maximum absolute atomic E-state index is 14.9. The lowest BCUT2D eigenvalue weighted by Gasteiger charge is -2.37. The Morgan fingerprint density at radius 1 is 0.972 bits per heavy atom. The van der Waals surface area contributed by atoms with Gasteiger partial charge in [-0.1, -0.05) is 17.7 Å². The number of alkyl halides is 3. The molecule has 2 fully saturated rings. The normalized spacial score (nSPS) is 17.9. The molecule has 2 saturated heterocycles. The van der Waals surface area contributed by atoms with Crippen LogP contribution in [0.5, 0.6) is 0 Å². The molecule has 2 aliphatic heterocycles. The molecule has 0 aliphatic carbocycles. The van der Waals surface area contributed by atoms with Crippen molar-refractivity contribution in [1.82, 2.24) is 15.1 Å². The van der Waals surface area contributed by atoms with Gasteiger partial charge >= 0.3 is 6.18 Å². The van der Waals surface area contributed by atoms with Crippen molar-refractivity contribution in [1.29, 1.82) is 0 Å². The predicted molar refractivity (Wildman–Crippen MR) is 133 cm³/mol. The van der Waals surface area contributed by atoms with E-state index in [0.29, 0.717) is 49.1 Å². The van der Waals surface area contributed by atoms with Crippen LogP contribution in [0.1, 0.15) is 22.3 Å². The zero-order valence-electron chi connectivity index (χ0n) is 19.9. The molecule has 6 nitrogen and oxygen atoms in total. The summed E-state index contributed by atoms with van der Waals surface area (Å²) in [7, 11) is 0. The monoisotopic (exact) mass is 527 g/mol. The van der Waals surface area contributed by atoms with Crippen molar-refractivity contribution in [3.8, 4) is 0 Å². The van der Waals surface area contributed by atoms with Crippen molar-refractivity contribution in [3.05, 3.63) is 58.4 Å². The number of carbonyl (C=O) groups is 1. The molecular weight excluding hydrogens is 498 g/mol. The number of hydrogen-bond donors (Lipinski definition) is 2. The highest BCUT2D eigenvalue weighted by atomic mass is 35.5. The molecule has 11 heteroatoms. The number of nitrogens with zero attached hydrogens (tertiary/aromatic N) is 3. The number of anilines is 2. The van der Waals surface area contributed by atoms with Gasteiger partial charge in [0.1, 0.15) is 5.82 Å². The molecule has 0 saturated carbocycles. The molecule has 2 aromatic rings. The molecule has 0 bridgehead atoms. The second-order valence-electron chi connectivity index (χ2n) is 9.15. The van der Waals surface area contributed by atoms with Gasteiger partial charge in [0.15, 0.2) is 0 Å². The quantitative estimate of drug-likeness (QED) is 0.528. The minimum Gasteiger partial charge on any atom is -0.367 e. The van der Waals surface area contributed by atoms with E-state index in [1.807, 2.05) is 4.90 Å². The van der Waals surface area contributed by atoms with E-state index < -0.39 is 24.3 Å². The first-order chi connectivity index (χ1) is 17.2. The van der Waals surface area contributed by atoms with Crippen LogP contribution in [0.3, 0.4) is 0 Å². The van der Waals surface area contributed by atoms with Crippen molar-refractivity contribution in [2.24, 2.45) is 0 Å². The van der Waals surface area contributed by atoms with Crippen LogP contribution in [-0.4, -0.2) is 80.8 Å². The topological polar surface area (TPSA) is 50.9 Å². The summed E-state index contributed by atoms with van der Waals surface area (Å²) >= 11 is 6.20. The molecule has 2 aliphatic rings. The van der Waals surface area contributed by atoms with Gasteiger partial charge in [-0.25, -0.2) is 4.39 Å². The van der Waals surface area contributed by atoms with Crippen LogP contribution >= 0.6 is 11.6 Å². The summed E-state index contributed by atoms with van der Waals surface area (Å²) in [5.74, 6) is -1.16. The van der Waals surface area contributed by atoms with E-state index in [-0.39, 0.29) is 12.1 Å². The van der Waals surface area contributed by atoms with Crippen molar-refractivity contribution < 1.29 is 22.4 Å². The van der Waals surface area contributed by atoms with Gasteiger partial charge in [0.2, 0.25) is 0 Å². The number of nitrogens with one attached hydrogen (secondary N) is 2. The average Bonchev–Trinajstić information content (AvgIpc) is 2.84. The third kappa shape index (κ3) is 7.32. The lowest BCUT2D eigenvalue weighted by Crippen LogP contribution is -2.47. The smallest absolute Gasteiger partial charge is 0.367 e. The molecule has 0 unspecified atom stereocenters. The van der Waals surface area contributed by atoms with Crippen LogP contribution in [0, 0.1) is 5.82 Å².